The second kappa shape index (κ2) is 3.06. The first-order valence-electron chi connectivity index (χ1n) is 4.88. The molecule has 1 nitrogen and oxygen atoms in total. The van der Waals surface area contributed by atoms with E-state index < -0.39 is 0 Å². The summed E-state index contributed by atoms with van der Waals surface area (Å²) < 4.78 is -0.370. The van der Waals surface area contributed by atoms with Crippen molar-refractivity contribution in [2.24, 2.45) is 5.73 Å². The predicted octanol–water partition coefficient (Wildman–Crippen LogP) is 3.26. The molecule has 2 heteroatoms. The van der Waals surface area contributed by atoms with Crippen LogP contribution in [0.25, 0.3) is 11.1 Å². The number of hydrogen-bond donors (Lipinski definition) is 1. The Hall–Kier alpha value is -0.870. The van der Waals surface area contributed by atoms with Gasteiger partial charge >= 0.3 is 0 Å². The highest BCUT2D eigenvalue weighted by molar-refractivity contribution is 14.1. The van der Waals surface area contributed by atoms with Crippen molar-refractivity contribution < 1.29 is 0 Å². The molecule has 2 aromatic carbocycles. The molecule has 0 heterocycles. The molecule has 0 bridgehead atoms. The Morgan fingerprint density at radius 3 is 1.67 bits per heavy atom. The average Bonchev–Trinajstić information content (AvgIpc) is 2.51. The third-order valence-electron chi connectivity index (χ3n) is 2.93. The van der Waals surface area contributed by atoms with Crippen molar-refractivity contribution >= 4 is 22.6 Å². The number of halogens is 1. The molecule has 2 aromatic rings. The van der Waals surface area contributed by atoms with E-state index in [2.05, 4.69) is 59.0 Å². The fourth-order valence-corrected chi connectivity index (χ4v) is 3.16. The maximum Gasteiger partial charge on any atom is 0.120 e. The van der Waals surface area contributed by atoms with Crippen molar-refractivity contribution in [1.29, 1.82) is 0 Å². The third-order valence-corrected chi connectivity index (χ3v) is 4.09. The highest BCUT2D eigenvalue weighted by Gasteiger charge is 2.36. The van der Waals surface area contributed by atoms with Crippen LogP contribution in [0, 0.1) is 0 Å². The summed E-state index contributed by atoms with van der Waals surface area (Å²) in [5.74, 6) is 0. The first-order chi connectivity index (χ1) is 7.21. The second-order valence-electron chi connectivity index (χ2n) is 3.80. The van der Waals surface area contributed by atoms with Crippen LogP contribution in [0.3, 0.4) is 0 Å². The summed E-state index contributed by atoms with van der Waals surface area (Å²) in [6.07, 6.45) is 0. The number of rotatable bonds is 0. The van der Waals surface area contributed by atoms with Crippen LogP contribution in [0.5, 0.6) is 0 Å². The van der Waals surface area contributed by atoms with Crippen molar-refractivity contribution in [2.45, 2.75) is 3.55 Å². The highest BCUT2D eigenvalue weighted by Crippen LogP contribution is 2.49. The van der Waals surface area contributed by atoms with Gasteiger partial charge in [-0.2, -0.15) is 0 Å². The van der Waals surface area contributed by atoms with E-state index in [0.717, 1.165) is 0 Å². The zero-order valence-electron chi connectivity index (χ0n) is 8.07. The zero-order chi connectivity index (χ0) is 10.5. The first kappa shape index (κ1) is 9.36. The SMILES string of the molecule is NC1(I)c2ccccc2-c2ccccc21. The van der Waals surface area contributed by atoms with Gasteiger partial charge in [-0.05, 0) is 22.3 Å². The van der Waals surface area contributed by atoms with Crippen molar-refractivity contribution in [2.75, 3.05) is 0 Å². The van der Waals surface area contributed by atoms with Gasteiger partial charge in [0.25, 0.3) is 0 Å². The monoisotopic (exact) mass is 307 g/mol. The Morgan fingerprint density at radius 2 is 1.20 bits per heavy atom. The summed E-state index contributed by atoms with van der Waals surface area (Å²) in [5, 5.41) is 0. The number of benzene rings is 2. The minimum absolute atomic E-state index is 0.370. The van der Waals surface area contributed by atoms with Crippen LogP contribution in [-0.2, 0) is 3.55 Å². The van der Waals surface area contributed by atoms with Crippen LogP contribution in [0.1, 0.15) is 11.1 Å². The number of hydrogen-bond acceptors (Lipinski definition) is 1. The lowest BCUT2D eigenvalue weighted by Crippen LogP contribution is -2.27. The van der Waals surface area contributed by atoms with Crippen molar-refractivity contribution in [3.8, 4) is 11.1 Å². The molecule has 0 fully saturated rings. The van der Waals surface area contributed by atoms with Crippen molar-refractivity contribution in [1.82, 2.24) is 0 Å². The van der Waals surface area contributed by atoms with Gasteiger partial charge in [-0.15, -0.1) is 0 Å². The van der Waals surface area contributed by atoms with E-state index in [-0.39, 0.29) is 3.55 Å². The lowest BCUT2D eigenvalue weighted by Gasteiger charge is -2.18. The molecule has 0 unspecified atom stereocenters. The van der Waals surface area contributed by atoms with E-state index in [9.17, 15) is 0 Å². The molecule has 0 aliphatic heterocycles. The summed E-state index contributed by atoms with van der Waals surface area (Å²) in [6, 6.07) is 16.7. The van der Waals surface area contributed by atoms with Gasteiger partial charge < -0.3 is 5.73 Å². The van der Waals surface area contributed by atoms with Crippen LogP contribution < -0.4 is 5.73 Å². The van der Waals surface area contributed by atoms with Gasteiger partial charge in [0.1, 0.15) is 3.55 Å². The van der Waals surface area contributed by atoms with Gasteiger partial charge in [-0.3, -0.25) is 0 Å². The van der Waals surface area contributed by atoms with Crippen LogP contribution in [0.15, 0.2) is 48.5 Å². The van der Waals surface area contributed by atoms with E-state index >= 15 is 0 Å². The van der Waals surface area contributed by atoms with Gasteiger partial charge in [0.15, 0.2) is 0 Å². The van der Waals surface area contributed by atoms with Gasteiger partial charge in [0, 0.05) is 0 Å². The minimum Gasteiger partial charge on any atom is -0.309 e. The molecule has 0 spiro atoms. The molecule has 2 N–H and O–H groups in total. The van der Waals surface area contributed by atoms with E-state index in [1.807, 2.05) is 12.1 Å². The molecular weight excluding hydrogens is 297 g/mol. The molecule has 0 radical (unpaired) electrons. The Kier molecular flexibility index (Phi) is 1.91. The van der Waals surface area contributed by atoms with E-state index in [1.54, 1.807) is 0 Å². The molecule has 1 aliphatic rings. The molecule has 1 aliphatic carbocycles. The maximum absolute atomic E-state index is 6.39. The molecule has 0 aromatic heterocycles. The minimum atomic E-state index is -0.370. The standard InChI is InChI=1S/C13H10IN/c14-13(15)11-7-3-1-5-9(11)10-6-2-4-8-12(10)13/h1-8H,15H2. The van der Waals surface area contributed by atoms with Gasteiger partial charge in [0.05, 0.1) is 0 Å². The summed E-state index contributed by atoms with van der Waals surface area (Å²) in [6.45, 7) is 0. The van der Waals surface area contributed by atoms with E-state index in [1.165, 1.54) is 22.3 Å². The average molecular weight is 307 g/mol. The Bertz CT molecular complexity index is 484. The predicted molar refractivity (Wildman–Crippen MR) is 70.9 cm³/mol. The molecule has 3 rings (SSSR count). The quantitative estimate of drug-likeness (QED) is 0.451. The molecular formula is C13H10IN. The first-order valence-corrected chi connectivity index (χ1v) is 5.96. The Balaban J connectivity index is 2.42. The Labute approximate surface area is 102 Å². The largest absolute Gasteiger partial charge is 0.309 e. The van der Waals surface area contributed by atoms with E-state index in [0.29, 0.717) is 0 Å². The normalized spacial score (nSPS) is 15.9. The van der Waals surface area contributed by atoms with Crippen molar-refractivity contribution in [3.63, 3.8) is 0 Å². The van der Waals surface area contributed by atoms with Crippen molar-refractivity contribution in [3.05, 3.63) is 59.7 Å². The smallest absolute Gasteiger partial charge is 0.120 e. The van der Waals surface area contributed by atoms with Gasteiger partial charge in [-0.25, -0.2) is 0 Å². The summed E-state index contributed by atoms with van der Waals surface area (Å²) >= 11 is 2.33. The van der Waals surface area contributed by atoms with Gasteiger partial charge in [-0.1, -0.05) is 71.1 Å². The highest BCUT2D eigenvalue weighted by atomic mass is 127. The lowest BCUT2D eigenvalue weighted by molar-refractivity contribution is 0.861. The Morgan fingerprint density at radius 1 is 0.800 bits per heavy atom. The summed E-state index contributed by atoms with van der Waals surface area (Å²) in [5.41, 5.74) is 11.4. The zero-order valence-corrected chi connectivity index (χ0v) is 10.2. The number of fused-ring (bicyclic) bond motifs is 3. The van der Waals surface area contributed by atoms with Gasteiger partial charge in [0.2, 0.25) is 0 Å². The molecule has 15 heavy (non-hydrogen) atoms. The fourth-order valence-electron chi connectivity index (χ4n) is 2.22. The second-order valence-corrected chi connectivity index (χ2v) is 5.50. The van der Waals surface area contributed by atoms with Crippen LogP contribution in [-0.4, -0.2) is 0 Å². The van der Waals surface area contributed by atoms with E-state index in [4.69, 9.17) is 5.73 Å². The van der Waals surface area contributed by atoms with Crippen LogP contribution in [0.4, 0.5) is 0 Å². The molecule has 0 amide bonds. The van der Waals surface area contributed by atoms with Crippen LogP contribution in [0.2, 0.25) is 0 Å². The maximum atomic E-state index is 6.39. The van der Waals surface area contributed by atoms with Crippen LogP contribution >= 0.6 is 22.6 Å². The molecule has 0 saturated carbocycles. The lowest BCUT2D eigenvalue weighted by atomic mass is 10.1. The molecule has 0 atom stereocenters. The molecule has 0 saturated heterocycles. The summed E-state index contributed by atoms with van der Waals surface area (Å²) in [7, 11) is 0. The third kappa shape index (κ3) is 1.18. The number of nitrogens with two attached hydrogens (primary N) is 1. The summed E-state index contributed by atoms with van der Waals surface area (Å²) in [4.78, 5) is 0. The topological polar surface area (TPSA) is 26.0 Å². The fraction of sp³-hybridized carbons (Fsp3) is 0.0769. The number of alkyl halides is 1. The molecule has 74 valence electrons.